The number of carbonyl (C=O) groups excluding carboxylic acids is 1. The quantitative estimate of drug-likeness (QED) is 0.501. The number of nitrogens with two attached hydrogens (primary N) is 1. The number of nitrogens with one attached hydrogen (secondary N) is 1. The van der Waals surface area contributed by atoms with E-state index in [-0.39, 0.29) is 11.4 Å². The molecule has 0 unspecified atom stereocenters. The number of hydrogen-bond donors (Lipinski definition) is 2. The van der Waals surface area contributed by atoms with Crippen molar-refractivity contribution in [1.82, 2.24) is 5.43 Å². The Hall–Kier alpha value is -1.52. The highest BCUT2D eigenvalue weighted by atomic mass is 35.5. The van der Waals surface area contributed by atoms with Crippen molar-refractivity contribution < 1.29 is 4.79 Å². The summed E-state index contributed by atoms with van der Waals surface area (Å²) >= 11 is 6.12. The molecule has 0 saturated heterocycles. The molecule has 1 amide bonds. The molecule has 114 valence electrons. The van der Waals surface area contributed by atoms with Gasteiger partial charge in [-0.15, -0.1) is 0 Å². The molecule has 1 heterocycles. The van der Waals surface area contributed by atoms with Gasteiger partial charge in [0.2, 0.25) is 0 Å². The second-order valence-electron chi connectivity index (χ2n) is 6.51. The van der Waals surface area contributed by atoms with Gasteiger partial charge >= 0.3 is 0 Å². The fraction of sp³-hybridized carbons (Fsp3) is 0.438. The number of allylic oxidation sites excluding steroid dienone is 1. The van der Waals surface area contributed by atoms with Crippen LogP contribution in [0.1, 0.15) is 40.2 Å². The molecule has 0 fully saturated rings. The lowest BCUT2D eigenvalue weighted by atomic mass is 9.83. The van der Waals surface area contributed by atoms with E-state index < -0.39 is 5.54 Å². The van der Waals surface area contributed by atoms with E-state index in [1.54, 1.807) is 0 Å². The van der Waals surface area contributed by atoms with Gasteiger partial charge in [-0.1, -0.05) is 17.7 Å². The van der Waals surface area contributed by atoms with Crippen LogP contribution in [0.5, 0.6) is 0 Å². The summed E-state index contributed by atoms with van der Waals surface area (Å²) in [5, 5.41) is 0.683. The minimum absolute atomic E-state index is 0.232. The van der Waals surface area contributed by atoms with Gasteiger partial charge in [0.25, 0.3) is 5.91 Å². The van der Waals surface area contributed by atoms with Crippen LogP contribution in [0.2, 0.25) is 5.02 Å². The topological polar surface area (TPSA) is 58.4 Å². The number of fused-ring (bicyclic) bond motifs is 1. The molecule has 1 aromatic rings. The van der Waals surface area contributed by atoms with E-state index in [4.69, 9.17) is 17.4 Å². The first-order chi connectivity index (χ1) is 9.61. The number of nitrogens with zero attached hydrogens (tertiary/aromatic N) is 1. The van der Waals surface area contributed by atoms with E-state index in [2.05, 4.69) is 37.2 Å². The average Bonchev–Trinajstić information content (AvgIpc) is 2.37. The third-order valence-electron chi connectivity index (χ3n) is 4.02. The van der Waals surface area contributed by atoms with Gasteiger partial charge in [0.1, 0.15) is 5.54 Å². The highest BCUT2D eigenvalue weighted by Crippen LogP contribution is 2.43. The van der Waals surface area contributed by atoms with E-state index in [1.165, 1.54) is 0 Å². The molecule has 0 bridgehead atoms. The molecule has 0 spiro atoms. The zero-order chi connectivity index (χ0) is 16.0. The van der Waals surface area contributed by atoms with Gasteiger partial charge in [0, 0.05) is 16.3 Å². The third-order valence-corrected chi connectivity index (χ3v) is 4.25. The Morgan fingerprint density at radius 1 is 1.38 bits per heavy atom. The second kappa shape index (κ2) is 5.04. The van der Waals surface area contributed by atoms with Crippen LogP contribution in [-0.2, 0) is 4.79 Å². The summed E-state index contributed by atoms with van der Waals surface area (Å²) < 4.78 is 0. The minimum Gasteiger partial charge on any atom is -0.348 e. The Morgan fingerprint density at radius 2 is 2.00 bits per heavy atom. The smallest absolute Gasteiger partial charge is 0.259 e. The van der Waals surface area contributed by atoms with Crippen LogP contribution < -0.4 is 16.2 Å². The summed E-state index contributed by atoms with van der Waals surface area (Å²) in [6, 6.07) is 5.74. The summed E-state index contributed by atoms with van der Waals surface area (Å²) in [6.07, 6.45) is 2.15. The number of anilines is 1. The number of carbonyl (C=O) groups is 1. The fourth-order valence-corrected chi connectivity index (χ4v) is 3.47. The third kappa shape index (κ3) is 2.54. The number of hydrazine groups is 1. The number of halogens is 1. The van der Waals surface area contributed by atoms with Crippen molar-refractivity contribution >= 4 is 28.8 Å². The summed E-state index contributed by atoms with van der Waals surface area (Å²) in [4.78, 5) is 14.3. The first-order valence-electron chi connectivity index (χ1n) is 6.92. The Bertz CT molecular complexity index is 620. The number of rotatable bonds is 2. The molecule has 3 N–H and O–H groups in total. The van der Waals surface area contributed by atoms with Crippen molar-refractivity contribution in [3.8, 4) is 0 Å². The van der Waals surface area contributed by atoms with Crippen molar-refractivity contribution in [2.24, 2.45) is 5.84 Å². The maximum absolute atomic E-state index is 12.3. The molecule has 0 radical (unpaired) electrons. The number of amides is 1. The van der Waals surface area contributed by atoms with Gasteiger partial charge in [0.15, 0.2) is 0 Å². The van der Waals surface area contributed by atoms with Gasteiger partial charge in [-0.25, -0.2) is 5.84 Å². The van der Waals surface area contributed by atoms with Crippen LogP contribution in [0.4, 0.5) is 5.69 Å². The lowest BCUT2D eigenvalue weighted by Gasteiger charge is -2.51. The number of benzene rings is 1. The molecule has 1 aliphatic heterocycles. The minimum atomic E-state index is -0.794. The van der Waals surface area contributed by atoms with Crippen LogP contribution in [0.15, 0.2) is 24.3 Å². The molecule has 2 rings (SSSR count). The largest absolute Gasteiger partial charge is 0.348 e. The van der Waals surface area contributed by atoms with Gasteiger partial charge in [0.05, 0.1) is 5.54 Å². The first kappa shape index (κ1) is 15.9. The monoisotopic (exact) mass is 307 g/mol. The van der Waals surface area contributed by atoms with Crippen molar-refractivity contribution in [2.45, 2.75) is 45.7 Å². The Kier molecular flexibility index (Phi) is 3.80. The molecule has 0 aliphatic carbocycles. The SMILES string of the molecule is CC1=CC(C)(C)N(C(C)(C)C(=O)NN)c2ccc(Cl)cc21. The molecule has 0 aromatic heterocycles. The predicted octanol–water partition coefficient (Wildman–Crippen LogP) is 3.11. The predicted molar refractivity (Wildman–Crippen MR) is 88.1 cm³/mol. The molecule has 0 saturated carbocycles. The van der Waals surface area contributed by atoms with Gasteiger partial charge in [-0.2, -0.15) is 0 Å². The summed E-state index contributed by atoms with van der Waals surface area (Å²) in [6.45, 7) is 9.96. The summed E-state index contributed by atoms with van der Waals surface area (Å²) in [5.74, 6) is 5.13. The van der Waals surface area contributed by atoms with Crippen LogP contribution in [0.25, 0.3) is 5.57 Å². The maximum Gasteiger partial charge on any atom is 0.259 e. The molecule has 5 heteroatoms. The molecular weight excluding hydrogens is 286 g/mol. The maximum atomic E-state index is 12.3. The Balaban J connectivity index is 2.68. The van der Waals surface area contributed by atoms with Gasteiger partial charge in [-0.05, 0) is 58.4 Å². The van der Waals surface area contributed by atoms with E-state index in [1.807, 2.05) is 32.0 Å². The van der Waals surface area contributed by atoms with E-state index >= 15 is 0 Å². The van der Waals surface area contributed by atoms with Crippen molar-refractivity contribution in [3.63, 3.8) is 0 Å². The highest BCUT2D eigenvalue weighted by molar-refractivity contribution is 6.31. The van der Waals surface area contributed by atoms with E-state index in [9.17, 15) is 4.79 Å². The molecule has 1 aromatic carbocycles. The van der Waals surface area contributed by atoms with Crippen molar-refractivity contribution in [2.75, 3.05) is 4.90 Å². The van der Waals surface area contributed by atoms with Gasteiger partial charge < -0.3 is 4.90 Å². The standard InChI is InChI=1S/C16H22ClN3O/c1-10-9-15(2,3)20(16(4,5)14(21)19-18)13-7-6-11(17)8-12(10)13/h6-9H,18H2,1-5H3,(H,19,21). The molecule has 1 aliphatic rings. The zero-order valence-electron chi connectivity index (χ0n) is 13.1. The molecule has 21 heavy (non-hydrogen) atoms. The van der Waals surface area contributed by atoms with Crippen LogP contribution in [0.3, 0.4) is 0 Å². The Morgan fingerprint density at radius 3 is 2.57 bits per heavy atom. The first-order valence-corrected chi connectivity index (χ1v) is 7.30. The van der Waals surface area contributed by atoms with Crippen LogP contribution in [-0.4, -0.2) is 17.0 Å². The van der Waals surface area contributed by atoms with Crippen LogP contribution in [0, 0.1) is 0 Å². The summed E-state index contributed by atoms with van der Waals surface area (Å²) in [7, 11) is 0. The summed E-state index contributed by atoms with van der Waals surface area (Å²) in [5.41, 5.74) is 4.33. The molecule has 4 nitrogen and oxygen atoms in total. The van der Waals surface area contributed by atoms with Crippen LogP contribution >= 0.6 is 11.6 Å². The van der Waals surface area contributed by atoms with E-state index in [0.29, 0.717) is 5.02 Å². The fourth-order valence-electron chi connectivity index (χ4n) is 3.30. The number of hydrogen-bond acceptors (Lipinski definition) is 3. The van der Waals surface area contributed by atoms with E-state index in [0.717, 1.165) is 16.8 Å². The second-order valence-corrected chi connectivity index (χ2v) is 6.95. The molecule has 0 atom stereocenters. The lowest BCUT2D eigenvalue weighted by molar-refractivity contribution is -0.125. The normalized spacial score (nSPS) is 17.1. The Labute approximate surface area is 130 Å². The zero-order valence-corrected chi connectivity index (χ0v) is 13.9. The lowest BCUT2D eigenvalue weighted by Crippen LogP contribution is -2.63. The molecular formula is C16H22ClN3O. The van der Waals surface area contributed by atoms with Gasteiger partial charge in [-0.3, -0.25) is 10.2 Å². The van der Waals surface area contributed by atoms with Crippen molar-refractivity contribution in [1.29, 1.82) is 0 Å². The van der Waals surface area contributed by atoms with Crippen molar-refractivity contribution in [3.05, 3.63) is 34.9 Å². The average molecular weight is 308 g/mol. The highest BCUT2D eigenvalue weighted by Gasteiger charge is 2.44.